The summed E-state index contributed by atoms with van der Waals surface area (Å²) in [4.78, 5) is 11.8. The molecule has 0 radical (unpaired) electrons. The maximum atomic E-state index is 11.8. The van der Waals surface area contributed by atoms with Crippen molar-refractivity contribution in [2.45, 2.75) is 17.9 Å². The summed E-state index contributed by atoms with van der Waals surface area (Å²) in [6, 6.07) is 11.0. The van der Waals surface area contributed by atoms with Crippen molar-refractivity contribution in [1.82, 2.24) is 15.5 Å². The van der Waals surface area contributed by atoms with Crippen LogP contribution in [0.1, 0.15) is 17.8 Å². The van der Waals surface area contributed by atoms with E-state index in [1.165, 1.54) is 0 Å². The van der Waals surface area contributed by atoms with E-state index in [9.17, 15) is 4.79 Å². The highest BCUT2D eigenvalue weighted by molar-refractivity contribution is 7.99. The molecule has 0 fully saturated rings. The molecule has 1 aliphatic rings. The van der Waals surface area contributed by atoms with Gasteiger partial charge in [0.25, 0.3) is 11.1 Å². The van der Waals surface area contributed by atoms with Gasteiger partial charge in [-0.05, 0) is 24.3 Å². The Balaban J connectivity index is 1.29. The normalized spacial score (nSPS) is 15.6. The minimum atomic E-state index is -0.473. The van der Waals surface area contributed by atoms with E-state index in [4.69, 9.17) is 18.3 Å². The number of thioether (sulfide) groups is 1. The van der Waals surface area contributed by atoms with Crippen LogP contribution in [0.5, 0.6) is 11.5 Å². The van der Waals surface area contributed by atoms with Crippen molar-refractivity contribution >= 4 is 17.7 Å². The lowest BCUT2D eigenvalue weighted by Crippen LogP contribution is -2.24. The van der Waals surface area contributed by atoms with E-state index in [0.29, 0.717) is 34.9 Å². The summed E-state index contributed by atoms with van der Waals surface area (Å²) >= 11 is 1.16. The largest absolute Gasteiger partial charge is 0.485 e. The topological polar surface area (TPSA) is 99.6 Å². The Morgan fingerprint density at radius 3 is 2.92 bits per heavy atom. The van der Waals surface area contributed by atoms with E-state index in [1.54, 1.807) is 18.4 Å². The number of hydrogen-bond acceptors (Lipinski definition) is 8. The molecular formula is C17H15N3O5S. The van der Waals surface area contributed by atoms with Crippen molar-refractivity contribution < 1.29 is 23.1 Å². The monoisotopic (exact) mass is 373 g/mol. The summed E-state index contributed by atoms with van der Waals surface area (Å²) < 4.78 is 22.2. The Bertz CT molecular complexity index is 880. The lowest BCUT2D eigenvalue weighted by Gasteiger charge is -2.23. The highest BCUT2D eigenvalue weighted by atomic mass is 32.2. The van der Waals surface area contributed by atoms with Crippen molar-refractivity contribution in [3.63, 3.8) is 0 Å². The van der Waals surface area contributed by atoms with Crippen LogP contribution in [-0.2, 0) is 11.3 Å². The average Bonchev–Trinajstić information content (AvgIpc) is 3.36. The predicted octanol–water partition coefficient (Wildman–Crippen LogP) is 2.58. The number of para-hydroxylation sites is 2. The molecule has 0 spiro atoms. The third-order valence-corrected chi connectivity index (χ3v) is 4.39. The molecule has 2 aromatic heterocycles. The van der Waals surface area contributed by atoms with Crippen LogP contribution in [0.2, 0.25) is 0 Å². The van der Waals surface area contributed by atoms with Crippen LogP contribution in [0.25, 0.3) is 0 Å². The summed E-state index contributed by atoms with van der Waals surface area (Å²) in [5, 5.41) is 11.0. The summed E-state index contributed by atoms with van der Waals surface area (Å²) in [6.45, 7) is 0.626. The molecule has 8 nitrogen and oxygen atoms in total. The molecule has 3 heterocycles. The SMILES string of the molecule is O=C(CSc1nnc([C@H]2COc3ccccc3O2)o1)NCc1ccco1. The van der Waals surface area contributed by atoms with Crippen LogP contribution in [0.15, 0.2) is 56.7 Å². The van der Waals surface area contributed by atoms with Crippen LogP contribution in [0.4, 0.5) is 0 Å². The third-order valence-electron chi connectivity index (χ3n) is 3.57. The first kappa shape index (κ1) is 16.5. The molecule has 0 aliphatic carbocycles. The first-order chi connectivity index (χ1) is 12.8. The average molecular weight is 373 g/mol. The maximum absolute atomic E-state index is 11.8. The van der Waals surface area contributed by atoms with Crippen LogP contribution < -0.4 is 14.8 Å². The number of nitrogens with zero attached hydrogens (tertiary/aromatic N) is 2. The first-order valence-corrected chi connectivity index (χ1v) is 8.90. The number of hydrogen-bond donors (Lipinski definition) is 1. The van der Waals surface area contributed by atoms with Gasteiger partial charge in [0.1, 0.15) is 12.4 Å². The Labute approximate surface area is 152 Å². The smallest absolute Gasteiger partial charge is 0.277 e. The van der Waals surface area contributed by atoms with E-state index in [-0.39, 0.29) is 18.3 Å². The summed E-state index contributed by atoms with van der Waals surface area (Å²) in [5.41, 5.74) is 0. The molecule has 0 saturated carbocycles. The summed E-state index contributed by atoms with van der Waals surface area (Å²) in [5.74, 6) is 2.33. The second-order valence-corrected chi connectivity index (χ2v) is 6.34. The van der Waals surface area contributed by atoms with Crippen LogP contribution >= 0.6 is 11.8 Å². The van der Waals surface area contributed by atoms with Gasteiger partial charge in [-0.25, -0.2) is 0 Å². The van der Waals surface area contributed by atoms with Crippen molar-refractivity contribution in [3.05, 3.63) is 54.3 Å². The highest BCUT2D eigenvalue weighted by Gasteiger charge is 2.27. The van der Waals surface area contributed by atoms with Crippen molar-refractivity contribution in [2.24, 2.45) is 0 Å². The highest BCUT2D eigenvalue weighted by Crippen LogP contribution is 2.35. The zero-order valence-corrected chi connectivity index (χ0v) is 14.4. The molecular weight excluding hydrogens is 358 g/mol. The standard InChI is InChI=1S/C17H15N3O5S/c21-15(18-8-11-4-3-7-22-11)10-26-17-20-19-16(25-17)14-9-23-12-5-1-2-6-13(12)24-14/h1-7,14H,8-10H2,(H,18,21)/t14-/m1/s1. The quantitative estimate of drug-likeness (QED) is 0.658. The molecule has 1 aliphatic heterocycles. The number of rotatable bonds is 6. The fraction of sp³-hybridized carbons (Fsp3) is 0.235. The second kappa shape index (κ2) is 7.52. The third kappa shape index (κ3) is 3.83. The number of benzene rings is 1. The molecule has 1 aromatic carbocycles. The molecule has 0 bridgehead atoms. The minimum Gasteiger partial charge on any atom is -0.485 e. The lowest BCUT2D eigenvalue weighted by molar-refractivity contribution is -0.118. The summed E-state index contributed by atoms with van der Waals surface area (Å²) in [6.07, 6.45) is 1.09. The van der Waals surface area contributed by atoms with Gasteiger partial charge in [-0.2, -0.15) is 0 Å². The minimum absolute atomic E-state index is 0.155. The van der Waals surface area contributed by atoms with Crippen molar-refractivity contribution in [1.29, 1.82) is 0 Å². The molecule has 4 rings (SSSR count). The van der Waals surface area contributed by atoms with Gasteiger partial charge in [-0.1, -0.05) is 23.9 Å². The molecule has 26 heavy (non-hydrogen) atoms. The van der Waals surface area contributed by atoms with Gasteiger partial charge in [0.2, 0.25) is 12.0 Å². The number of fused-ring (bicyclic) bond motifs is 1. The number of furan rings is 1. The van der Waals surface area contributed by atoms with Gasteiger partial charge in [0, 0.05) is 0 Å². The van der Waals surface area contributed by atoms with Gasteiger partial charge in [-0.15, -0.1) is 10.2 Å². The molecule has 3 aromatic rings. The predicted molar refractivity (Wildman–Crippen MR) is 90.9 cm³/mol. The van der Waals surface area contributed by atoms with E-state index in [1.807, 2.05) is 24.3 Å². The van der Waals surface area contributed by atoms with Crippen LogP contribution in [0, 0.1) is 0 Å². The molecule has 1 N–H and O–H groups in total. The maximum Gasteiger partial charge on any atom is 0.277 e. The number of nitrogens with one attached hydrogen (secondary N) is 1. The molecule has 1 amide bonds. The molecule has 0 saturated heterocycles. The first-order valence-electron chi connectivity index (χ1n) is 7.92. The van der Waals surface area contributed by atoms with E-state index >= 15 is 0 Å². The van der Waals surface area contributed by atoms with Crippen LogP contribution in [0.3, 0.4) is 0 Å². The van der Waals surface area contributed by atoms with Gasteiger partial charge in [0.15, 0.2) is 11.5 Å². The fourth-order valence-corrected chi connectivity index (χ4v) is 2.93. The second-order valence-electron chi connectivity index (χ2n) is 5.42. The number of carbonyl (C=O) groups excluding carboxylic acids is 1. The number of carbonyl (C=O) groups is 1. The van der Waals surface area contributed by atoms with E-state index in [2.05, 4.69) is 15.5 Å². The Kier molecular flexibility index (Phi) is 4.78. The number of amides is 1. The van der Waals surface area contributed by atoms with Crippen LogP contribution in [-0.4, -0.2) is 28.5 Å². The van der Waals surface area contributed by atoms with Crippen molar-refractivity contribution in [3.8, 4) is 11.5 Å². The number of ether oxygens (including phenoxy) is 2. The Morgan fingerprint density at radius 1 is 1.19 bits per heavy atom. The lowest BCUT2D eigenvalue weighted by atomic mass is 10.2. The van der Waals surface area contributed by atoms with Gasteiger partial charge in [0.05, 0.1) is 18.6 Å². The molecule has 1 atom stereocenters. The Hall–Kier alpha value is -2.94. The van der Waals surface area contributed by atoms with Gasteiger partial charge >= 0.3 is 0 Å². The molecule has 9 heteroatoms. The van der Waals surface area contributed by atoms with E-state index in [0.717, 1.165) is 11.8 Å². The molecule has 0 unspecified atom stereocenters. The molecule has 134 valence electrons. The Morgan fingerprint density at radius 2 is 2.08 bits per heavy atom. The summed E-state index contributed by atoms with van der Waals surface area (Å²) in [7, 11) is 0. The van der Waals surface area contributed by atoms with Crippen molar-refractivity contribution in [2.75, 3.05) is 12.4 Å². The zero-order valence-electron chi connectivity index (χ0n) is 13.6. The van der Waals surface area contributed by atoms with Gasteiger partial charge < -0.3 is 23.6 Å². The number of aromatic nitrogens is 2. The van der Waals surface area contributed by atoms with Gasteiger partial charge in [-0.3, -0.25) is 4.79 Å². The van der Waals surface area contributed by atoms with E-state index < -0.39 is 6.10 Å². The fourth-order valence-electron chi connectivity index (χ4n) is 2.33. The zero-order chi connectivity index (χ0) is 17.8.